The van der Waals surface area contributed by atoms with Crippen LogP contribution in [0, 0.1) is 6.92 Å². The van der Waals surface area contributed by atoms with Gasteiger partial charge in [-0.15, -0.1) is 0 Å². The van der Waals surface area contributed by atoms with Crippen molar-refractivity contribution in [1.29, 1.82) is 0 Å². The normalized spacial score (nSPS) is 10.6. The van der Waals surface area contributed by atoms with Gasteiger partial charge in [0.25, 0.3) is 0 Å². The predicted octanol–water partition coefficient (Wildman–Crippen LogP) is 3.95. The second kappa shape index (κ2) is 5.12. The minimum Gasteiger partial charge on any atom is -0.444 e. The van der Waals surface area contributed by atoms with E-state index < -0.39 is 0 Å². The van der Waals surface area contributed by atoms with E-state index in [4.69, 9.17) is 39.2 Å². The lowest BCUT2D eigenvalue weighted by Crippen LogP contribution is -2.02. The maximum Gasteiger partial charge on any atom is 0.213 e. The Balaban J connectivity index is 2.11. The van der Waals surface area contributed by atoms with Crippen molar-refractivity contribution in [2.75, 3.05) is 5.32 Å². The molecular formula is C10H8Cl3N3O. The van der Waals surface area contributed by atoms with Crippen molar-refractivity contribution < 1.29 is 4.42 Å². The first kappa shape index (κ1) is 12.5. The number of halogens is 3. The van der Waals surface area contributed by atoms with Gasteiger partial charge < -0.3 is 9.73 Å². The molecule has 0 unspecified atom stereocenters. The van der Waals surface area contributed by atoms with E-state index in [1.807, 2.05) is 6.92 Å². The molecule has 0 aliphatic carbocycles. The molecule has 2 rings (SSSR count). The molecule has 0 aromatic carbocycles. The van der Waals surface area contributed by atoms with Crippen molar-refractivity contribution in [1.82, 2.24) is 9.97 Å². The number of hydrogen-bond donors (Lipinski definition) is 1. The number of nitrogens with one attached hydrogen (secondary N) is 1. The fourth-order valence-electron chi connectivity index (χ4n) is 1.21. The summed E-state index contributed by atoms with van der Waals surface area (Å²) in [6.45, 7) is 2.19. The standard InChI is InChI=1S/C10H8Cl3N3O/c1-5-3-14-8(17-5)4-15-10-7(12)2-6(11)9(13)16-10/h2-3H,4H2,1H3,(H,15,16). The fraction of sp³-hybridized carbons (Fsp3) is 0.200. The zero-order valence-electron chi connectivity index (χ0n) is 8.80. The number of aryl methyl sites for hydroxylation is 1. The molecule has 0 radical (unpaired) electrons. The van der Waals surface area contributed by atoms with E-state index >= 15 is 0 Å². The number of aromatic nitrogens is 2. The molecule has 0 fully saturated rings. The molecule has 0 amide bonds. The van der Waals surface area contributed by atoms with Gasteiger partial charge in [0.15, 0.2) is 0 Å². The van der Waals surface area contributed by atoms with Gasteiger partial charge in [-0.2, -0.15) is 0 Å². The Morgan fingerprint density at radius 3 is 2.71 bits per heavy atom. The highest BCUT2D eigenvalue weighted by Crippen LogP contribution is 2.28. The highest BCUT2D eigenvalue weighted by atomic mass is 35.5. The zero-order valence-corrected chi connectivity index (χ0v) is 11.1. The minimum atomic E-state index is 0.196. The summed E-state index contributed by atoms with van der Waals surface area (Å²) in [5.41, 5.74) is 0. The first-order valence-electron chi connectivity index (χ1n) is 4.73. The summed E-state index contributed by atoms with van der Waals surface area (Å²) < 4.78 is 5.30. The topological polar surface area (TPSA) is 51.0 Å². The van der Waals surface area contributed by atoms with Crippen LogP contribution in [-0.4, -0.2) is 9.97 Å². The second-order valence-electron chi connectivity index (χ2n) is 3.31. The van der Waals surface area contributed by atoms with Crippen LogP contribution in [0.4, 0.5) is 5.82 Å². The third-order valence-corrected chi connectivity index (χ3v) is 2.92. The predicted molar refractivity (Wildman–Crippen MR) is 67.8 cm³/mol. The smallest absolute Gasteiger partial charge is 0.213 e. The van der Waals surface area contributed by atoms with Crippen LogP contribution >= 0.6 is 34.8 Å². The summed E-state index contributed by atoms with van der Waals surface area (Å²) in [4.78, 5) is 8.06. The molecule has 0 saturated heterocycles. The van der Waals surface area contributed by atoms with Crippen molar-refractivity contribution in [3.63, 3.8) is 0 Å². The third-order valence-electron chi connectivity index (χ3n) is 1.96. The van der Waals surface area contributed by atoms with Crippen LogP contribution in [0.3, 0.4) is 0 Å². The number of oxazole rings is 1. The van der Waals surface area contributed by atoms with Crippen LogP contribution in [0.1, 0.15) is 11.7 Å². The Bertz CT molecular complexity index is 542. The van der Waals surface area contributed by atoms with E-state index in [9.17, 15) is 0 Å². The van der Waals surface area contributed by atoms with Gasteiger partial charge in [-0.05, 0) is 13.0 Å². The summed E-state index contributed by atoms with van der Waals surface area (Å²) >= 11 is 17.5. The highest BCUT2D eigenvalue weighted by molar-refractivity contribution is 6.42. The highest BCUT2D eigenvalue weighted by Gasteiger charge is 2.08. The molecule has 1 N–H and O–H groups in total. The van der Waals surface area contributed by atoms with E-state index in [-0.39, 0.29) is 5.15 Å². The van der Waals surface area contributed by atoms with E-state index in [0.717, 1.165) is 5.76 Å². The molecule has 2 aromatic rings. The van der Waals surface area contributed by atoms with Gasteiger partial charge in [-0.1, -0.05) is 34.8 Å². The number of pyridine rings is 1. The van der Waals surface area contributed by atoms with Gasteiger partial charge in [0.1, 0.15) is 16.7 Å². The van der Waals surface area contributed by atoms with E-state index in [1.54, 1.807) is 6.20 Å². The summed E-state index contributed by atoms with van der Waals surface area (Å²) in [5, 5.41) is 3.87. The Morgan fingerprint density at radius 1 is 1.29 bits per heavy atom. The molecule has 90 valence electrons. The SMILES string of the molecule is Cc1cnc(CNc2nc(Cl)c(Cl)cc2Cl)o1. The zero-order chi connectivity index (χ0) is 12.4. The lowest BCUT2D eigenvalue weighted by atomic mass is 10.4. The lowest BCUT2D eigenvalue weighted by molar-refractivity contribution is 0.479. The maximum absolute atomic E-state index is 5.95. The molecule has 7 heteroatoms. The maximum atomic E-state index is 5.95. The first-order chi connectivity index (χ1) is 8.06. The van der Waals surface area contributed by atoms with Crippen LogP contribution in [0.25, 0.3) is 0 Å². The largest absolute Gasteiger partial charge is 0.444 e. The van der Waals surface area contributed by atoms with Crippen molar-refractivity contribution in [2.45, 2.75) is 13.5 Å². The minimum absolute atomic E-state index is 0.196. The summed E-state index contributed by atoms with van der Waals surface area (Å²) in [5.74, 6) is 1.73. The van der Waals surface area contributed by atoms with E-state index in [2.05, 4.69) is 15.3 Å². The fourth-order valence-corrected chi connectivity index (χ4v) is 1.78. The molecular weight excluding hydrogens is 284 g/mol. The average molecular weight is 293 g/mol. The van der Waals surface area contributed by atoms with Crippen LogP contribution < -0.4 is 5.32 Å². The molecule has 17 heavy (non-hydrogen) atoms. The first-order valence-corrected chi connectivity index (χ1v) is 5.86. The molecule has 0 aliphatic rings. The van der Waals surface area contributed by atoms with E-state index in [1.165, 1.54) is 6.07 Å². The molecule has 4 nitrogen and oxygen atoms in total. The summed E-state index contributed by atoms with van der Waals surface area (Å²) in [6.07, 6.45) is 1.64. The van der Waals surface area contributed by atoms with Gasteiger partial charge in [0, 0.05) is 0 Å². The third kappa shape index (κ3) is 3.03. The number of anilines is 1. The van der Waals surface area contributed by atoms with Crippen LogP contribution in [0.15, 0.2) is 16.7 Å². The molecule has 0 saturated carbocycles. The molecule has 2 heterocycles. The summed E-state index contributed by atoms with van der Waals surface area (Å²) in [6, 6.07) is 1.53. The van der Waals surface area contributed by atoms with Gasteiger partial charge >= 0.3 is 0 Å². The molecule has 0 aliphatic heterocycles. The van der Waals surface area contributed by atoms with Crippen LogP contribution in [0.2, 0.25) is 15.2 Å². The Morgan fingerprint density at radius 2 is 2.06 bits per heavy atom. The van der Waals surface area contributed by atoms with Gasteiger partial charge in [-0.25, -0.2) is 9.97 Å². The van der Waals surface area contributed by atoms with Crippen molar-refractivity contribution in [2.24, 2.45) is 0 Å². The molecule has 0 bridgehead atoms. The van der Waals surface area contributed by atoms with Crippen LogP contribution in [-0.2, 0) is 6.54 Å². The van der Waals surface area contributed by atoms with Crippen LogP contribution in [0.5, 0.6) is 0 Å². The van der Waals surface area contributed by atoms with Gasteiger partial charge in [-0.3, -0.25) is 0 Å². The van der Waals surface area contributed by atoms with Crippen molar-refractivity contribution in [3.05, 3.63) is 39.1 Å². The molecule has 0 atom stereocenters. The average Bonchev–Trinajstić information content (AvgIpc) is 2.68. The number of nitrogens with zero attached hydrogens (tertiary/aromatic N) is 2. The Hall–Kier alpha value is -0.970. The molecule has 2 aromatic heterocycles. The molecule has 0 spiro atoms. The number of hydrogen-bond acceptors (Lipinski definition) is 4. The second-order valence-corrected chi connectivity index (χ2v) is 4.48. The number of rotatable bonds is 3. The van der Waals surface area contributed by atoms with Crippen molar-refractivity contribution >= 4 is 40.6 Å². The van der Waals surface area contributed by atoms with Gasteiger partial charge in [0.05, 0.1) is 22.8 Å². The van der Waals surface area contributed by atoms with Crippen molar-refractivity contribution in [3.8, 4) is 0 Å². The lowest BCUT2D eigenvalue weighted by Gasteiger charge is -2.06. The Kier molecular flexibility index (Phi) is 3.76. The summed E-state index contributed by atoms with van der Waals surface area (Å²) in [7, 11) is 0. The van der Waals surface area contributed by atoms with Gasteiger partial charge in [0.2, 0.25) is 5.89 Å². The quantitative estimate of drug-likeness (QED) is 0.870. The Labute approximate surface area is 113 Å². The monoisotopic (exact) mass is 291 g/mol. The van der Waals surface area contributed by atoms with E-state index in [0.29, 0.717) is 28.3 Å².